The van der Waals surface area contributed by atoms with E-state index in [9.17, 15) is 18.5 Å². The lowest BCUT2D eigenvalue weighted by Crippen LogP contribution is -2.29. The predicted molar refractivity (Wildman–Crippen MR) is 74.5 cm³/mol. The molecule has 106 valence electrons. The number of nitrogens with zero attached hydrogens (tertiary/aromatic N) is 2. The third-order valence-electron chi connectivity index (χ3n) is 2.07. The molecule has 2 N–H and O–H groups in total. The first kappa shape index (κ1) is 15.8. The minimum Gasteiger partial charge on any atom is -0.368 e. The van der Waals surface area contributed by atoms with Gasteiger partial charge in [0.2, 0.25) is 10.0 Å². The van der Waals surface area contributed by atoms with Gasteiger partial charge in [-0.3, -0.25) is 10.1 Å². The van der Waals surface area contributed by atoms with Crippen molar-refractivity contribution in [2.24, 2.45) is 0 Å². The van der Waals surface area contributed by atoms with Crippen LogP contribution in [0.15, 0.2) is 16.7 Å². The van der Waals surface area contributed by atoms with Gasteiger partial charge in [-0.15, -0.1) is 0 Å². The van der Waals surface area contributed by atoms with E-state index >= 15 is 0 Å². The van der Waals surface area contributed by atoms with E-state index < -0.39 is 14.9 Å². The Morgan fingerprint density at radius 2 is 2.21 bits per heavy atom. The van der Waals surface area contributed by atoms with Gasteiger partial charge in [-0.05, 0) is 15.9 Å². The molecule has 0 fully saturated rings. The fourth-order valence-electron chi connectivity index (χ4n) is 1.25. The monoisotopic (exact) mass is 352 g/mol. The van der Waals surface area contributed by atoms with Crippen LogP contribution in [0.2, 0.25) is 0 Å². The van der Waals surface area contributed by atoms with E-state index in [0.29, 0.717) is 16.8 Å². The number of hydrogen-bond acceptors (Lipinski definition) is 6. The van der Waals surface area contributed by atoms with Crippen molar-refractivity contribution in [2.45, 2.75) is 6.92 Å². The maximum absolute atomic E-state index is 11.4. The van der Waals surface area contributed by atoms with E-state index in [1.54, 1.807) is 6.92 Å². The van der Waals surface area contributed by atoms with Crippen molar-refractivity contribution in [3.8, 4) is 0 Å². The average Bonchev–Trinajstić information content (AvgIpc) is 2.30. The zero-order chi connectivity index (χ0) is 14.5. The van der Waals surface area contributed by atoms with Gasteiger partial charge < -0.3 is 5.32 Å². The maximum atomic E-state index is 11.4. The molecule has 19 heavy (non-hydrogen) atoms. The molecule has 0 aliphatic heterocycles. The number of nitro groups is 1. The number of aromatic nitrogens is 1. The summed E-state index contributed by atoms with van der Waals surface area (Å²) in [7, 11) is -3.30. The first-order chi connectivity index (χ1) is 8.85. The topological polar surface area (TPSA) is 114 Å². The van der Waals surface area contributed by atoms with E-state index in [2.05, 4.69) is 31.0 Å². The second kappa shape index (κ2) is 6.78. The molecule has 1 rings (SSSR count). The van der Waals surface area contributed by atoms with Gasteiger partial charge in [0.05, 0.1) is 15.1 Å². The number of pyridine rings is 1. The van der Waals surface area contributed by atoms with Gasteiger partial charge >= 0.3 is 0 Å². The molecule has 0 spiro atoms. The van der Waals surface area contributed by atoms with Crippen molar-refractivity contribution < 1.29 is 13.3 Å². The molecule has 0 saturated heterocycles. The Kier molecular flexibility index (Phi) is 5.63. The molecule has 0 aromatic carbocycles. The SMILES string of the molecule is CCNS(=O)(=O)CCNc1ncc([N+](=O)[O-])cc1Br. The van der Waals surface area contributed by atoms with E-state index in [1.807, 2.05) is 0 Å². The number of hydrogen-bond donors (Lipinski definition) is 2. The van der Waals surface area contributed by atoms with Crippen LogP contribution in [0.5, 0.6) is 0 Å². The Hall–Kier alpha value is -1.26. The molecule has 0 unspecified atom stereocenters. The number of nitrogens with one attached hydrogen (secondary N) is 2. The van der Waals surface area contributed by atoms with Crippen molar-refractivity contribution in [3.63, 3.8) is 0 Å². The van der Waals surface area contributed by atoms with E-state index in [0.717, 1.165) is 6.20 Å². The van der Waals surface area contributed by atoms with Gasteiger partial charge in [0, 0.05) is 19.2 Å². The lowest BCUT2D eigenvalue weighted by atomic mass is 10.4. The van der Waals surface area contributed by atoms with Crippen LogP contribution in [0.25, 0.3) is 0 Å². The van der Waals surface area contributed by atoms with Crippen LogP contribution in [-0.2, 0) is 10.0 Å². The van der Waals surface area contributed by atoms with Gasteiger partial charge in [0.25, 0.3) is 5.69 Å². The van der Waals surface area contributed by atoms with Crippen molar-refractivity contribution >= 4 is 37.5 Å². The van der Waals surface area contributed by atoms with E-state index in [-0.39, 0.29) is 18.0 Å². The van der Waals surface area contributed by atoms with E-state index in [1.165, 1.54) is 6.07 Å². The van der Waals surface area contributed by atoms with Gasteiger partial charge in [0.15, 0.2) is 0 Å². The van der Waals surface area contributed by atoms with Crippen molar-refractivity contribution in [2.75, 3.05) is 24.2 Å². The molecule has 0 saturated carbocycles. The Morgan fingerprint density at radius 1 is 1.53 bits per heavy atom. The molecule has 0 aliphatic rings. The fraction of sp³-hybridized carbons (Fsp3) is 0.444. The van der Waals surface area contributed by atoms with Crippen molar-refractivity contribution in [3.05, 3.63) is 26.9 Å². The second-order valence-corrected chi connectivity index (χ2v) is 6.31. The smallest absolute Gasteiger partial charge is 0.288 e. The lowest BCUT2D eigenvalue weighted by molar-refractivity contribution is -0.385. The minimum absolute atomic E-state index is 0.105. The Bertz CT molecular complexity index is 563. The summed E-state index contributed by atoms with van der Waals surface area (Å²) in [6.45, 7) is 2.18. The largest absolute Gasteiger partial charge is 0.368 e. The molecular formula is C9H13BrN4O4S. The normalized spacial score (nSPS) is 11.3. The molecule has 0 aliphatic carbocycles. The van der Waals surface area contributed by atoms with Crippen LogP contribution in [0.4, 0.5) is 11.5 Å². The summed E-state index contributed by atoms with van der Waals surface area (Å²) >= 11 is 3.13. The molecule has 0 atom stereocenters. The molecule has 0 radical (unpaired) electrons. The summed E-state index contributed by atoms with van der Waals surface area (Å²) in [5, 5.41) is 13.3. The van der Waals surface area contributed by atoms with Crippen molar-refractivity contribution in [1.29, 1.82) is 0 Å². The van der Waals surface area contributed by atoms with Gasteiger partial charge in [0.1, 0.15) is 12.0 Å². The molecule has 0 bridgehead atoms. The quantitative estimate of drug-likeness (QED) is 0.561. The van der Waals surface area contributed by atoms with Crippen LogP contribution in [0, 0.1) is 10.1 Å². The van der Waals surface area contributed by atoms with Crippen LogP contribution in [0.3, 0.4) is 0 Å². The summed E-state index contributed by atoms with van der Waals surface area (Å²) in [5.41, 5.74) is -0.141. The molecule has 8 nitrogen and oxygen atoms in total. The molecule has 1 heterocycles. The predicted octanol–water partition coefficient (Wildman–Crippen LogP) is 1.10. The highest BCUT2D eigenvalue weighted by Gasteiger charge is 2.12. The average molecular weight is 353 g/mol. The first-order valence-corrected chi connectivity index (χ1v) is 7.81. The highest BCUT2D eigenvalue weighted by molar-refractivity contribution is 9.10. The summed E-state index contributed by atoms with van der Waals surface area (Å²) in [6, 6.07) is 1.30. The lowest BCUT2D eigenvalue weighted by Gasteiger charge is -2.08. The van der Waals surface area contributed by atoms with Gasteiger partial charge in [-0.1, -0.05) is 6.92 Å². The fourth-order valence-corrected chi connectivity index (χ4v) is 2.69. The number of sulfonamides is 1. The van der Waals surface area contributed by atoms with Crippen LogP contribution < -0.4 is 10.0 Å². The number of anilines is 1. The van der Waals surface area contributed by atoms with Crippen LogP contribution >= 0.6 is 15.9 Å². The molecular weight excluding hydrogens is 340 g/mol. The highest BCUT2D eigenvalue weighted by atomic mass is 79.9. The zero-order valence-electron chi connectivity index (χ0n) is 10.1. The molecule has 1 aromatic heterocycles. The molecule has 10 heteroatoms. The second-order valence-electron chi connectivity index (χ2n) is 3.52. The Labute approximate surface area is 118 Å². The summed E-state index contributed by atoms with van der Waals surface area (Å²) in [5.74, 6) is 0.253. The first-order valence-electron chi connectivity index (χ1n) is 5.37. The standard InChI is InChI=1S/C9H13BrN4O4S/c1-2-13-19(17,18)4-3-11-9-8(10)5-7(6-12-9)14(15)16/h5-6,13H,2-4H2,1H3,(H,11,12). The van der Waals surface area contributed by atoms with Gasteiger partial charge in [-0.2, -0.15) is 0 Å². The van der Waals surface area contributed by atoms with Crippen LogP contribution in [0.1, 0.15) is 6.92 Å². The van der Waals surface area contributed by atoms with Gasteiger partial charge in [-0.25, -0.2) is 18.1 Å². The minimum atomic E-state index is -3.30. The summed E-state index contributed by atoms with van der Waals surface area (Å²) in [6.07, 6.45) is 1.10. The number of rotatable bonds is 7. The maximum Gasteiger partial charge on any atom is 0.288 e. The Balaban J connectivity index is 2.62. The highest BCUT2D eigenvalue weighted by Crippen LogP contribution is 2.24. The molecule has 0 amide bonds. The summed E-state index contributed by atoms with van der Waals surface area (Å²) < 4.78 is 25.5. The molecule has 1 aromatic rings. The number of halogens is 1. The van der Waals surface area contributed by atoms with Crippen molar-refractivity contribution in [1.82, 2.24) is 9.71 Å². The third-order valence-corrected chi connectivity index (χ3v) is 4.14. The Morgan fingerprint density at radius 3 is 2.74 bits per heavy atom. The van der Waals surface area contributed by atoms with Crippen LogP contribution in [-0.4, -0.2) is 37.2 Å². The summed E-state index contributed by atoms with van der Waals surface area (Å²) in [4.78, 5) is 13.8. The third kappa shape index (κ3) is 5.09. The zero-order valence-corrected chi connectivity index (χ0v) is 12.5. The van der Waals surface area contributed by atoms with E-state index in [4.69, 9.17) is 0 Å².